The van der Waals surface area contributed by atoms with E-state index in [1.54, 1.807) is 12.1 Å². The van der Waals surface area contributed by atoms with Crippen LogP contribution in [0.2, 0.25) is 0 Å². The molecule has 4 nitrogen and oxygen atoms in total. The Morgan fingerprint density at radius 3 is 2.32 bits per heavy atom. The molecular formula is C13H18Cl2N2O2. The Morgan fingerprint density at radius 2 is 1.84 bits per heavy atom. The van der Waals surface area contributed by atoms with Crippen molar-refractivity contribution in [2.24, 2.45) is 5.73 Å². The van der Waals surface area contributed by atoms with Gasteiger partial charge < -0.3 is 15.7 Å². The van der Waals surface area contributed by atoms with Crippen LogP contribution in [0.25, 0.3) is 0 Å². The molecule has 0 aliphatic heterocycles. The summed E-state index contributed by atoms with van der Waals surface area (Å²) in [6.07, 6.45) is 0. The lowest BCUT2D eigenvalue weighted by Crippen LogP contribution is -2.43. The van der Waals surface area contributed by atoms with E-state index in [1.165, 1.54) is 6.92 Å². The van der Waals surface area contributed by atoms with Crippen LogP contribution in [0, 0.1) is 0 Å². The Morgan fingerprint density at radius 1 is 1.32 bits per heavy atom. The van der Waals surface area contributed by atoms with E-state index >= 15 is 0 Å². The summed E-state index contributed by atoms with van der Waals surface area (Å²) in [6.45, 7) is 2.65. The normalized spacial score (nSPS) is 13.9. The molecule has 1 aromatic rings. The smallest absolute Gasteiger partial charge is 0.328 e. The van der Waals surface area contributed by atoms with Crippen LogP contribution >= 0.6 is 23.2 Å². The van der Waals surface area contributed by atoms with Crippen molar-refractivity contribution in [3.05, 3.63) is 29.8 Å². The largest absolute Gasteiger partial charge is 0.480 e. The average molecular weight is 305 g/mol. The van der Waals surface area contributed by atoms with E-state index < -0.39 is 11.5 Å². The first-order valence-electron chi connectivity index (χ1n) is 5.93. The second-order valence-corrected chi connectivity index (χ2v) is 5.15. The minimum absolute atomic E-state index is 0.430. The van der Waals surface area contributed by atoms with Crippen molar-refractivity contribution < 1.29 is 9.90 Å². The van der Waals surface area contributed by atoms with Gasteiger partial charge in [0.05, 0.1) is 0 Å². The van der Waals surface area contributed by atoms with Gasteiger partial charge in [0, 0.05) is 36.1 Å². The molecule has 1 rings (SSSR count). The van der Waals surface area contributed by atoms with Crippen molar-refractivity contribution in [3.8, 4) is 0 Å². The van der Waals surface area contributed by atoms with Gasteiger partial charge in [-0.3, -0.25) is 0 Å². The molecule has 0 saturated heterocycles. The zero-order valence-electron chi connectivity index (χ0n) is 10.8. The lowest BCUT2D eigenvalue weighted by molar-refractivity contribution is -0.143. The van der Waals surface area contributed by atoms with Crippen LogP contribution in [0.5, 0.6) is 0 Å². The molecule has 6 heteroatoms. The van der Waals surface area contributed by atoms with Crippen molar-refractivity contribution in [3.63, 3.8) is 0 Å². The highest BCUT2D eigenvalue weighted by atomic mass is 35.5. The summed E-state index contributed by atoms with van der Waals surface area (Å²) in [7, 11) is 0. The maximum absolute atomic E-state index is 11.3. The second kappa shape index (κ2) is 6.98. The molecule has 0 saturated carbocycles. The maximum atomic E-state index is 11.3. The number of hydrogen-bond donors (Lipinski definition) is 2. The molecule has 0 fully saturated rings. The SMILES string of the molecule is CC(N)(C(=O)O)c1ccccc1N(CCCl)CCCl. The summed E-state index contributed by atoms with van der Waals surface area (Å²) in [5.41, 5.74) is 5.78. The van der Waals surface area contributed by atoms with Crippen molar-refractivity contribution >= 4 is 34.9 Å². The molecule has 0 heterocycles. The number of nitrogens with zero attached hydrogens (tertiary/aromatic N) is 1. The Hall–Kier alpha value is -0.970. The number of para-hydroxylation sites is 1. The topological polar surface area (TPSA) is 66.6 Å². The monoisotopic (exact) mass is 304 g/mol. The first-order chi connectivity index (χ1) is 8.95. The van der Waals surface area contributed by atoms with Gasteiger partial charge in [0.1, 0.15) is 5.54 Å². The van der Waals surface area contributed by atoms with Gasteiger partial charge in [0.2, 0.25) is 0 Å². The molecule has 19 heavy (non-hydrogen) atoms. The zero-order valence-corrected chi connectivity index (χ0v) is 12.3. The van der Waals surface area contributed by atoms with Crippen molar-refractivity contribution in [2.75, 3.05) is 29.7 Å². The number of hydrogen-bond acceptors (Lipinski definition) is 3. The van der Waals surface area contributed by atoms with Crippen LogP contribution in [0.4, 0.5) is 5.69 Å². The fraction of sp³-hybridized carbons (Fsp3) is 0.462. The summed E-state index contributed by atoms with van der Waals surface area (Å²) in [4.78, 5) is 13.3. The summed E-state index contributed by atoms with van der Waals surface area (Å²) in [5, 5.41) is 9.27. The van der Waals surface area contributed by atoms with Crippen LogP contribution < -0.4 is 10.6 Å². The highest BCUT2D eigenvalue weighted by Crippen LogP contribution is 2.29. The Labute approximate surface area is 123 Å². The van der Waals surface area contributed by atoms with E-state index in [4.69, 9.17) is 28.9 Å². The lowest BCUT2D eigenvalue weighted by atomic mass is 9.91. The number of rotatable bonds is 7. The molecule has 0 bridgehead atoms. The number of aliphatic carboxylic acids is 1. The number of alkyl halides is 2. The molecule has 0 aromatic heterocycles. The van der Waals surface area contributed by atoms with Crippen LogP contribution in [0.15, 0.2) is 24.3 Å². The van der Waals surface area contributed by atoms with E-state index in [9.17, 15) is 9.90 Å². The minimum Gasteiger partial charge on any atom is -0.480 e. The summed E-state index contributed by atoms with van der Waals surface area (Å²) in [5.74, 6) is -0.212. The van der Waals surface area contributed by atoms with Crippen molar-refractivity contribution in [2.45, 2.75) is 12.5 Å². The van der Waals surface area contributed by atoms with Crippen LogP contribution in [-0.2, 0) is 10.3 Å². The predicted molar refractivity (Wildman–Crippen MR) is 79.3 cm³/mol. The Balaban J connectivity index is 3.23. The summed E-state index contributed by atoms with van der Waals surface area (Å²) in [6, 6.07) is 7.17. The third kappa shape index (κ3) is 3.75. The number of carboxylic acid groups (broad SMARTS) is 1. The van der Waals surface area contributed by atoms with Crippen LogP contribution in [0.1, 0.15) is 12.5 Å². The first-order valence-corrected chi connectivity index (χ1v) is 7.00. The van der Waals surface area contributed by atoms with Crippen LogP contribution in [-0.4, -0.2) is 35.9 Å². The van der Waals surface area contributed by atoms with Crippen molar-refractivity contribution in [1.29, 1.82) is 0 Å². The quantitative estimate of drug-likeness (QED) is 0.758. The highest BCUT2D eigenvalue weighted by Gasteiger charge is 2.33. The Kier molecular flexibility index (Phi) is 5.91. The van der Waals surface area contributed by atoms with E-state index in [2.05, 4.69) is 0 Å². The van der Waals surface area contributed by atoms with Gasteiger partial charge in [0.15, 0.2) is 0 Å². The Bertz CT molecular complexity index is 432. The van der Waals surface area contributed by atoms with Gasteiger partial charge in [0.25, 0.3) is 0 Å². The molecule has 1 atom stereocenters. The minimum atomic E-state index is -1.45. The first kappa shape index (κ1) is 16.1. The van der Waals surface area contributed by atoms with Crippen molar-refractivity contribution in [1.82, 2.24) is 0 Å². The molecule has 1 aromatic carbocycles. The zero-order chi connectivity index (χ0) is 14.5. The van der Waals surface area contributed by atoms with Gasteiger partial charge in [-0.15, -0.1) is 23.2 Å². The van der Waals surface area contributed by atoms with Gasteiger partial charge in [-0.2, -0.15) is 0 Å². The van der Waals surface area contributed by atoms with Gasteiger partial charge >= 0.3 is 5.97 Å². The number of halogens is 2. The third-order valence-electron chi connectivity index (χ3n) is 2.96. The number of carbonyl (C=O) groups is 1. The molecule has 3 N–H and O–H groups in total. The molecule has 0 aliphatic carbocycles. The standard InChI is InChI=1S/C13H18Cl2N2O2/c1-13(16,12(18)19)10-4-2-3-5-11(10)17(8-6-14)9-7-15/h2-5H,6-9,16H2,1H3,(H,18,19). The van der Waals surface area contributed by atoms with E-state index in [0.29, 0.717) is 30.4 Å². The van der Waals surface area contributed by atoms with E-state index in [0.717, 1.165) is 5.69 Å². The molecule has 0 spiro atoms. The van der Waals surface area contributed by atoms with Gasteiger partial charge in [-0.25, -0.2) is 4.79 Å². The number of carboxylic acids is 1. The van der Waals surface area contributed by atoms with Gasteiger partial charge in [-0.05, 0) is 13.0 Å². The second-order valence-electron chi connectivity index (χ2n) is 4.39. The van der Waals surface area contributed by atoms with E-state index in [-0.39, 0.29) is 0 Å². The molecule has 1 unspecified atom stereocenters. The molecular weight excluding hydrogens is 287 g/mol. The maximum Gasteiger partial charge on any atom is 0.328 e. The predicted octanol–water partition coefficient (Wildman–Crippen LogP) is 2.23. The molecule has 106 valence electrons. The lowest BCUT2D eigenvalue weighted by Gasteiger charge is -2.30. The number of anilines is 1. The summed E-state index contributed by atoms with van der Waals surface area (Å²) < 4.78 is 0. The molecule has 0 aliphatic rings. The van der Waals surface area contributed by atoms with E-state index in [1.807, 2.05) is 17.0 Å². The van der Waals surface area contributed by atoms with Gasteiger partial charge in [-0.1, -0.05) is 18.2 Å². The fourth-order valence-corrected chi connectivity index (χ4v) is 2.27. The van der Waals surface area contributed by atoms with Crippen LogP contribution in [0.3, 0.4) is 0 Å². The fourth-order valence-electron chi connectivity index (χ4n) is 1.86. The highest BCUT2D eigenvalue weighted by molar-refractivity contribution is 6.18. The number of nitrogens with two attached hydrogens (primary N) is 1. The average Bonchev–Trinajstić information content (AvgIpc) is 2.38. The molecule has 0 radical (unpaired) electrons. The number of benzene rings is 1. The summed E-state index contributed by atoms with van der Waals surface area (Å²) >= 11 is 11.6. The third-order valence-corrected chi connectivity index (χ3v) is 3.30. The molecule has 0 amide bonds.